The zero-order valence-electron chi connectivity index (χ0n) is 15.1. The lowest BCUT2D eigenvalue weighted by Crippen LogP contribution is -2.16. The highest BCUT2D eigenvalue weighted by Gasteiger charge is 2.21. The third-order valence-corrected chi connectivity index (χ3v) is 6.34. The van der Waals surface area contributed by atoms with Crippen LogP contribution in [0, 0.1) is 5.92 Å². The van der Waals surface area contributed by atoms with Gasteiger partial charge in [-0.05, 0) is 61.8 Å². The summed E-state index contributed by atoms with van der Waals surface area (Å²) >= 11 is 1.64. The molecule has 2 heterocycles. The van der Waals surface area contributed by atoms with Crippen LogP contribution in [0.2, 0.25) is 0 Å². The summed E-state index contributed by atoms with van der Waals surface area (Å²) in [6.45, 7) is 3.67. The Morgan fingerprint density at radius 3 is 3.12 bits per heavy atom. The van der Waals surface area contributed by atoms with Gasteiger partial charge >= 0.3 is 0 Å². The highest BCUT2D eigenvalue weighted by Crippen LogP contribution is 2.32. The zero-order valence-corrected chi connectivity index (χ0v) is 15.9. The Morgan fingerprint density at radius 2 is 2.27 bits per heavy atom. The van der Waals surface area contributed by atoms with Crippen LogP contribution in [-0.2, 0) is 17.6 Å². The van der Waals surface area contributed by atoms with Gasteiger partial charge in [0.15, 0.2) is 0 Å². The second-order valence-corrected chi connectivity index (χ2v) is 8.47. The van der Waals surface area contributed by atoms with Crippen LogP contribution in [0.1, 0.15) is 46.3 Å². The number of thiophene rings is 1. The second kappa shape index (κ2) is 7.80. The number of amides is 1. The van der Waals surface area contributed by atoms with Crippen molar-refractivity contribution in [3.63, 3.8) is 0 Å². The Bertz CT molecular complexity index is 779. The highest BCUT2D eigenvalue weighted by molar-refractivity contribution is 7.14. The summed E-state index contributed by atoms with van der Waals surface area (Å²) in [5.41, 5.74) is 2.12. The maximum absolute atomic E-state index is 12.6. The van der Waals surface area contributed by atoms with Gasteiger partial charge in [0.2, 0.25) is 0 Å². The van der Waals surface area contributed by atoms with E-state index < -0.39 is 0 Å². The van der Waals surface area contributed by atoms with Crippen LogP contribution < -0.4 is 10.1 Å². The minimum Gasteiger partial charge on any atom is -0.491 e. The molecule has 1 aromatic carbocycles. The molecule has 1 fully saturated rings. The van der Waals surface area contributed by atoms with Gasteiger partial charge in [-0.3, -0.25) is 4.79 Å². The van der Waals surface area contributed by atoms with Crippen molar-refractivity contribution >= 4 is 22.9 Å². The van der Waals surface area contributed by atoms with Gasteiger partial charge in [0.1, 0.15) is 12.4 Å². The molecule has 0 saturated carbocycles. The number of rotatable bonds is 5. The smallest absolute Gasteiger partial charge is 0.265 e. The lowest BCUT2D eigenvalue weighted by Gasteiger charge is -2.16. The Morgan fingerprint density at radius 1 is 1.35 bits per heavy atom. The maximum Gasteiger partial charge on any atom is 0.265 e. The molecule has 0 bridgehead atoms. The highest BCUT2D eigenvalue weighted by atomic mass is 32.1. The van der Waals surface area contributed by atoms with Crippen molar-refractivity contribution in [1.29, 1.82) is 0 Å². The van der Waals surface area contributed by atoms with Gasteiger partial charge in [0.05, 0.1) is 11.0 Å². The van der Waals surface area contributed by atoms with E-state index in [-0.39, 0.29) is 12.0 Å². The Balaban J connectivity index is 1.39. The topological polar surface area (TPSA) is 47.6 Å². The molecule has 1 saturated heterocycles. The third kappa shape index (κ3) is 4.10. The van der Waals surface area contributed by atoms with Crippen LogP contribution in [0.5, 0.6) is 5.75 Å². The first-order chi connectivity index (χ1) is 12.7. The van der Waals surface area contributed by atoms with E-state index in [0.717, 1.165) is 48.6 Å². The summed E-state index contributed by atoms with van der Waals surface area (Å²) < 4.78 is 11.4. The van der Waals surface area contributed by atoms with Crippen molar-refractivity contribution in [3.8, 4) is 5.75 Å². The molecule has 0 spiro atoms. The molecule has 4 rings (SSSR count). The van der Waals surface area contributed by atoms with Crippen LogP contribution >= 0.6 is 11.3 Å². The first kappa shape index (κ1) is 17.6. The van der Waals surface area contributed by atoms with Gasteiger partial charge in [0.25, 0.3) is 5.91 Å². The molecule has 5 heteroatoms. The quantitative estimate of drug-likeness (QED) is 0.830. The standard InChI is InChI=1S/C21H25NO3S/c1-14-7-8-19-15(10-14)11-20(26-19)21(23)22-16-4-2-5-17(12-16)25-13-18-6-3-9-24-18/h2,4-5,11-12,14,18H,3,6-10,13H2,1H3,(H,22,23)/t14-,18-/m0/s1. The van der Waals surface area contributed by atoms with Crippen molar-refractivity contribution in [3.05, 3.63) is 45.6 Å². The van der Waals surface area contributed by atoms with E-state index in [2.05, 4.69) is 18.3 Å². The minimum atomic E-state index is -0.0340. The molecule has 26 heavy (non-hydrogen) atoms. The van der Waals surface area contributed by atoms with Crippen LogP contribution in [0.25, 0.3) is 0 Å². The number of carbonyl (C=O) groups is 1. The number of hydrogen-bond donors (Lipinski definition) is 1. The predicted molar refractivity (Wildman–Crippen MR) is 104 cm³/mol. The molecule has 1 N–H and O–H groups in total. The fourth-order valence-electron chi connectivity index (χ4n) is 3.64. The SMILES string of the molecule is C[C@H]1CCc2sc(C(=O)Nc3cccc(OC[C@@H]4CCCO4)c3)cc2C1. The van der Waals surface area contributed by atoms with Crippen LogP contribution in [0.4, 0.5) is 5.69 Å². The Labute approximate surface area is 158 Å². The van der Waals surface area contributed by atoms with E-state index in [1.165, 1.54) is 16.9 Å². The van der Waals surface area contributed by atoms with Gasteiger partial charge in [-0.2, -0.15) is 0 Å². The van der Waals surface area contributed by atoms with E-state index in [1.807, 2.05) is 24.3 Å². The van der Waals surface area contributed by atoms with Crippen molar-refractivity contribution in [2.24, 2.45) is 5.92 Å². The average Bonchev–Trinajstić information content (AvgIpc) is 3.29. The summed E-state index contributed by atoms with van der Waals surface area (Å²) in [6.07, 6.45) is 5.75. The van der Waals surface area contributed by atoms with Crippen molar-refractivity contribution in [2.75, 3.05) is 18.5 Å². The van der Waals surface area contributed by atoms with Gasteiger partial charge in [-0.25, -0.2) is 0 Å². The number of fused-ring (bicyclic) bond motifs is 1. The normalized spacial score (nSPS) is 22.0. The van der Waals surface area contributed by atoms with Crippen LogP contribution in [0.15, 0.2) is 30.3 Å². The third-order valence-electron chi connectivity index (χ3n) is 5.10. The van der Waals surface area contributed by atoms with Crippen molar-refractivity contribution in [1.82, 2.24) is 0 Å². The van der Waals surface area contributed by atoms with E-state index in [1.54, 1.807) is 11.3 Å². The summed E-state index contributed by atoms with van der Waals surface area (Å²) in [4.78, 5) is 14.8. The summed E-state index contributed by atoms with van der Waals surface area (Å²) in [5.74, 6) is 1.44. The molecule has 1 aromatic heterocycles. The minimum absolute atomic E-state index is 0.0340. The average molecular weight is 372 g/mol. The number of ether oxygens (including phenoxy) is 2. The predicted octanol–water partition coefficient (Wildman–Crippen LogP) is 4.68. The fourth-order valence-corrected chi connectivity index (χ4v) is 4.74. The second-order valence-electron chi connectivity index (χ2n) is 7.34. The lowest BCUT2D eigenvalue weighted by molar-refractivity contribution is 0.0680. The molecule has 2 atom stereocenters. The summed E-state index contributed by atoms with van der Waals surface area (Å²) in [5, 5.41) is 3.01. The first-order valence-electron chi connectivity index (χ1n) is 9.45. The molecule has 1 amide bonds. The molecule has 2 aromatic rings. The molecule has 1 aliphatic carbocycles. The number of carbonyl (C=O) groups excluding carboxylic acids is 1. The first-order valence-corrected chi connectivity index (χ1v) is 10.3. The van der Waals surface area contributed by atoms with E-state index in [4.69, 9.17) is 9.47 Å². The Kier molecular flexibility index (Phi) is 5.27. The van der Waals surface area contributed by atoms with Gasteiger partial charge in [0, 0.05) is 23.2 Å². The van der Waals surface area contributed by atoms with E-state index in [0.29, 0.717) is 12.5 Å². The molecule has 1 aliphatic heterocycles. The summed E-state index contributed by atoms with van der Waals surface area (Å²) in [6, 6.07) is 9.66. The van der Waals surface area contributed by atoms with Gasteiger partial charge in [-0.1, -0.05) is 13.0 Å². The van der Waals surface area contributed by atoms with Crippen LogP contribution in [-0.4, -0.2) is 25.2 Å². The summed E-state index contributed by atoms with van der Waals surface area (Å²) in [7, 11) is 0. The van der Waals surface area contributed by atoms with E-state index in [9.17, 15) is 4.79 Å². The number of nitrogens with one attached hydrogen (secondary N) is 1. The molecule has 138 valence electrons. The molecular formula is C21H25NO3S. The van der Waals surface area contributed by atoms with Crippen molar-refractivity contribution in [2.45, 2.75) is 45.1 Å². The fraction of sp³-hybridized carbons (Fsp3) is 0.476. The molecular weight excluding hydrogens is 346 g/mol. The number of aryl methyl sites for hydroxylation is 1. The zero-order chi connectivity index (χ0) is 17.9. The van der Waals surface area contributed by atoms with Gasteiger partial charge < -0.3 is 14.8 Å². The lowest BCUT2D eigenvalue weighted by atomic mass is 9.90. The molecule has 4 nitrogen and oxygen atoms in total. The number of anilines is 1. The largest absolute Gasteiger partial charge is 0.491 e. The Hall–Kier alpha value is -1.85. The monoisotopic (exact) mass is 371 g/mol. The maximum atomic E-state index is 12.6. The van der Waals surface area contributed by atoms with Crippen LogP contribution in [0.3, 0.4) is 0 Å². The number of hydrogen-bond acceptors (Lipinski definition) is 4. The van der Waals surface area contributed by atoms with Crippen molar-refractivity contribution < 1.29 is 14.3 Å². The molecule has 0 unspecified atom stereocenters. The van der Waals surface area contributed by atoms with E-state index >= 15 is 0 Å². The molecule has 0 radical (unpaired) electrons. The number of benzene rings is 1. The van der Waals surface area contributed by atoms with Gasteiger partial charge in [-0.15, -0.1) is 11.3 Å². The molecule has 2 aliphatic rings.